The van der Waals surface area contributed by atoms with Crippen LogP contribution >= 0.6 is 0 Å². The molecule has 0 fully saturated rings. The minimum atomic E-state index is -0.778. The summed E-state index contributed by atoms with van der Waals surface area (Å²) in [6.45, 7) is 6.43. The summed E-state index contributed by atoms with van der Waals surface area (Å²) in [5.41, 5.74) is 0. The number of carbonyl (C=O) groups excluding carboxylic acids is 3. The maximum atomic E-state index is 12.9. The minimum absolute atomic E-state index is 0.0751. The van der Waals surface area contributed by atoms with Gasteiger partial charge >= 0.3 is 17.9 Å². The Morgan fingerprint density at radius 3 is 0.772 bits per heavy atom. The highest BCUT2D eigenvalue weighted by molar-refractivity contribution is 5.71. The second-order valence-corrected chi connectivity index (χ2v) is 22.3. The van der Waals surface area contributed by atoms with Gasteiger partial charge in [0.05, 0.1) is 0 Å². The average molecular weight is 1100 g/mol. The summed E-state index contributed by atoms with van der Waals surface area (Å²) in [6.07, 6.45) is 90.1. The van der Waals surface area contributed by atoms with Gasteiger partial charge in [0, 0.05) is 19.3 Å². The molecule has 6 heteroatoms. The molecule has 0 aromatic rings. The Bertz CT molecular complexity index is 1540. The second-order valence-electron chi connectivity index (χ2n) is 22.3. The van der Waals surface area contributed by atoms with E-state index in [0.717, 1.165) is 109 Å². The third-order valence-corrected chi connectivity index (χ3v) is 14.6. The fraction of sp³-hybridized carbons (Fsp3) is 0.740. The lowest BCUT2D eigenvalue weighted by Gasteiger charge is -2.18. The number of rotatable bonds is 61. The minimum Gasteiger partial charge on any atom is -0.462 e. The van der Waals surface area contributed by atoms with E-state index >= 15 is 0 Å². The first-order valence-electron chi connectivity index (χ1n) is 33.7. The summed E-state index contributed by atoms with van der Waals surface area (Å²) in [7, 11) is 0. The van der Waals surface area contributed by atoms with Gasteiger partial charge in [0.1, 0.15) is 13.2 Å². The molecular weight excluding hydrogens is 973 g/mol. The summed E-state index contributed by atoms with van der Waals surface area (Å²) in [6, 6.07) is 0. The molecule has 1 unspecified atom stereocenters. The molecule has 0 aliphatic rings. The Kier molecular flexibility index (Phi) is 63.7. The number of allylic oxidation sites excluding steroid dienone is 16. The largest absolute Gasteiger partial charge is 0.462 e. The van der Waals surface area contributed by atoms with Gasteiger partial charge in [0.15, 0.2) is 6.10 Å². The zero-order valence-electron chi connectivity index (χ0n) is 52.1. The third kappa shape index (κ3) is 65.0. The first-order valence-corrected chi connectivity index (χ1v) is 33.7. The highest BCUT2D eigenvalue weighted by atomic mass is 16.6. The van der Waals surface area contributed by atoms with Crippen LogP contribution in [0.5, 0.6) is 0 Å². The predicted molar refractivity (Wildman–Crippen MR) is 344 cm³/mol. The normalized spacial score (nSPS) is 12.7. The fourth-order valence-corrected chi connectivity index (χ4v) is 9.60. The van der Waals surface area contributed by atoms with Gasteiger partial charge in [-0.05, 0) is 96.3 Å². The van der Waals surface area contributed by atoms with E-state index in [1.54, 1.807) is 0 Å². The van der Waals surface area contributed by atoms with Crippen LogP contribution in [0.1, 0.15) is 329 Å². The van der Waals surface area contributed by atoms with Crippen LogP contribution < -0.4 is 0 Å². The van der Waals surface area contributed by atoms with Gasteiger partial charge in [-0.25, -0.2) is 0 Å². The molecule has 0 N–H and O–H groups in total. The molecule has 0 aliphatic heterocycles. The van der Waals surface area contributed by atoms with E-state index in [0.29, 0.717) is 19.3 Å². The molecule has 79 heavy (non-hydrogen) atoms. The molecule has 454 valence electrons. The van der Waals surface area contributed by atoms with Crippen LogP contribution in [-0.2, 0) is 28.6 Å². The number of unbranched alkanes of at least 4 members (excludes halogenated alkanes) is 34. The van der Waals surface area contributed by atoms with Gasteiger partial charge in [-0.2, -0.15) is 0 Å². The fourth-order valence-electron chi connectivity index (χ4n) is 9.60. The zero-order chi connectivity index (χ0) is 57.1. The Morgan fingerprint density at radius 1 is 0.266 bits per heavy atom. The maximum absolute atomic E-state index is 12.9. The van der Waals surface area contributed by atoms with Gasteiger partial charge in [0.25, 0.3) is 0 Å². The van der Waals surface area contributed by atoms with Crippen molar-refractivity contribution in [3.05, 3.63) is 97.2 Å². The number of hydrogen-bond donors (Lipinski definition) is 0. The lowest BCUT2D eigenvalue weighted by atomic mass is 10.0. The van der Waals surface area contributed by atoms with Crippen molar-refractivity contribution in [1.29, 1.82) is 0 Å². The molecular formula is C73H126O6. The summed E-state index contributed by atoms with van der Waals surface area (Å²) < 4.78 is 16.9. The molecule has 0 rings (SSSR count). The molecule has 0 bridgehead atoms. The van der Waals surface area contributed by atoms with Crippen LogP contribution in [0.15, 0.2) is 97.2 Å². The van der Waals surface area contributed by atoms with Crippen molar-refractivity contribution < 1.29 is 28.6 Å². The molecule has 0 saturated heterocycles. The third-order valence-electron chi connectivity index (χ3n) is 14.6. The van der Waals surface area contributed by atoms with Crippen LogP contribution in [0.25, 0.3) is 0 Å². The van der Waals surface area contributed by atoms with Crippen LogP contribution in [-0.4, -0.2) is 37.2 Å². The van der Waals surface area contributed by atoms with Gasteiger partial charge in [-0.15, -0.1) is 0 Å². The number of esters is 3. The van der Waals surface area contributed by atoms with Gasteiger partial charge in [0.2, 0.25) is 0 Å². The van der Waals surface area contributed by atoms with Crippen LogP contribution in [0, 0.1) is 0 Å². The van der Waals surface area contributed by atoms with Gasteiger partial charge in [-0.1, -0.05) is 311 Å². The molecule has 0 saturated carbocycles. The monoisotopic (exact) mass is 1100 g/mol. The van der Waals surface area contributed by atoms with Crippen molar-refractivity contribution in [1.82, 2.24) is 0 Å². The molecule has 0 aromatic heterocycles. The van der Waals surface area contributed by atoms with Gasteiger partial charge < -0.3 is 14.2 Å². The number of ether oxygens (including phenoxy) is 3. The van der Waals surface area contributed by atoms with E-state index < -0.39 is 6.10 Å². The Hall–Kier alpha value is -3.67. The van der Waals surface area contributed by atoms with Crippen LogP contribution in [0.3, 0.4) is 0 Å². The topological polar surface area (TPSA) is 78.9 Å². The van der Waals surface area contributed by atoms with Gasteiger partial charge in [-0.3, -0.25) is 14.4 Å². The standard InChI is InChI=1S/C73H126O6/c1-4-7-10-13-16-19-21-23-25-27-29-31-33-34-35-36-37-38-40-41-43-45-47-49-51-54-57-60-63-66-72(75)78-69-70(68-77-71(74)65-62-59-56-53-18-15-12-9-6-3)79-73(76)67-64-61-58-55-52-50-48-46-44-42-39-32-30-28-26-24-22-20-17-14-11-8-5-2/h7-8,10-11,16-17,19-20,23-26,29-32,70H,4-6,9,12-15,18,21-22,27-28,33-69H2,1-3H3/b10-7-,11-8-,19-16-,20-17-,25-23-,26-24-,31-29-,32-30-. The maximum Gasteiger partial charge on any atom is 0.306 e. The van der Waals surface area contributed by atoms with Crippen molar-refractivity contribution in [3.63, 3.8) is 0 Å². The van der Waals surface area contributed by atoms with Crippen molar-refractivity contribution in [2.75, 3.05) is 13.2 Å². The summed E-state index contributed by atoms with van der Waals surface area (Å²) >= 11 is 0. The van der Waals surface area contributed by atoms with E-state index in [2.05, 4.69) is 118 Å². The van der Waals surface area contributed by atoms with Crippen molar-refractivity contribution >= 4 is 17.9 Å². The van der Waals surface area contributed by atoms with Crippen LogP contribution in [0.2, 0.25) is 0 Å². The molecule has 1 atom stereocenters. The Labute approximate surface area is 489 Å². The van der Waals surface area contributed by atoms with E-state index in [1.807, 2.05) is 0 Å². The number of hydrogen-bond acceptors (Lipinski definition) is 6. The number of carbonyl (C=O) groups is 3. The Morgan fingerprint density at radius 2 is 0.494 bits per heavy atom. The van der Waals surface area contributed by atoms with Crippen LogP contribution in [0.4, 0.5) is 0 Å². The summed E-state index contributed by atoms with van der Waals surface area (Å²) in [4.78, 5) is 38.3. The summed E-state index contributed by atoms with van der Waals surface area (Å²) in [5, 5.41) is 0. The zero-order valence-corrected chi connectivity index (χ0v) is 52.1. The summed E-state index contributed by atoms with van der Waals surface area (Å²) in [5.74, 6) is -0.868. The second kappa shape index (κ2) is 66.8. The highest BCUT2D eigenvalue weighted by Crippen LogP contribution is 2.17. The van der Waals surface area contributed by atoms with E-state index in [4.69, 9.17) is 14.2 Å². The molecule has 0 aromatic carbocycles. The first kappa shape index (κ1) is 75.3. The molecule has 6 nitrogen and oxygen atoms in total. The van der Waals surface area contributed by atoms with E-state index in [-0.39, 0.29) is 31.1 Å². The lowest BCUT2D eigenvalue weighted by Crippen LogP contribution is -2.30. The predicted octanol–water partition coefficient (Wildman–Crippen LogP) is 23.2. The highest BCUT2D eigenvalue weighted by Gasteiger charge is 2.19. The smallest absolute Gasteiger partial charge is 0.306 e. The first-order chi connectivity index (χ1) is 39.0. The van der Waals surface area contributed by atoms with E-state index in [9.17, 15) is 14.4 Å². The van der Waals surface area contributed by atoms with Crippen molar-refractivity contribution in [2.45, 2.75) is 335 Å². The van der Waals surface area contributed by atoms with Crippen molar-refractivity contribution in [2.24, 2.45) is 0 Å². The molecule has 0 amide bonds. The molecule has 0 heterocycles. The average Bonchev–Trinajstić information content (AvgIpc) is 3.45. The Balaban J connectivity index is 4.15. The van der Waals surface area contributed by atoms with E-state index in [1.165, 1.54) is 180 Å². The SMILES string of the molecule is CC/C=C\C/C=C\C/C=C\C/C=C\CCCCCCCCCCCCCCCCCCC(=O)OCC(COC(=O)CCCCCCCCCCC)OC(=O)CCCCCCCCCCCC/C=C\C/C=C\C/C=C\C/C=C\CC. The molecule has 0 aliphatic carbocycles. The van der Waals surface area contributed by atoms with Crippen molar-refractivity contribution in [3.8, 4) is 0 Å². The molecule has 0 spiro atoms. The molecule has 0 radical (unpaired) electrons. The quantitative estimate of drug-likeness (QED) is 0.0261. The lowest BCUT2D eigenvalue weighted by molar-refractivity contribution is -0.167.